The number of hydrogen-bond acceptors (Lipinski definition) is 6. The molecule has 0 aliphatic carbocycles. The summed E-state index contributed by atoms with van der Waals surface area (Å²) >= 11 is 0. The summed E-state index contributed by atoms with van der Waals surface area (Å²) in [7, 11) is 0. The lowest BCUT2D eigenvalue weighted by Crippen LogP contribution is -2.47. The zero-order valence-corrected chi connectivity index (χ0v) is 22.0. The number of carbonyl (C=O) groups excluding carboxylic acids is 1. The van der Waals surface area contributed by atoms with Gasteiger partial charge in [0.25, 0.3) is 0 Å². The van der Waals surface area contributed by atoms with Gasteiger partial charge in [0.2, 0.25) is 0 Å². The number of rotatable bonds is 9. The lowest BCUT2D eigenvalue weighted by atomic mass is 10.1. The van der Waals surface area contributed by atoms with E-state index in [-0.39, 0.29) is 36.6 Å². The lowest BCUT2D eigenvalue weighted by Gasteiger charge is -2.34. The summed E-state index contributed by atoms with van der Waals surface area (Å²) in [6.45, 7) is 11.4. The number of alkyl carbamates (subject to hydrolysis) is 1. The summed E-state index contributed by atoms with van der Waals surface area (Å²) in [6, 6.07) is 3.50. The molecule has 0 radical (unpaired) electrons. The number of amides is 1. The summed E-state index contributed by atoms with van der Waals surface area (Å²) in [4.78, 5) is 18.4. The Morgan fingerprint density at radius 1 is 1.34 bits per heavy atom. The number of piperidine rings is 1. The monoisotopic (exact) mass is 566 g/mol. The molecule has 0 spiro atoms. The van der Waals surface area contributed by atoms with Crippen LogP contribution in [0.4, 0.5) is 4.79 Å². The molecule has 1 fully saturated rings. The topological polar surface area (TPSA) is 109 Å². The minimum Gasteiger partial charge on any atom is -0.467 e. The lowest BCUT2D eigenvalue weighted by molar-refractivity contribution is 0.0169. The molecule has 0 aromatic carbocycles. The van der Waals surface area contributed by atoms with Crippen molar-refractivity contribution in [1.82, 2.24) is 15.5 Å². The summed E-state index contributed by atoms with van der Waals surface area (Å²) < 4.78 is 16.4. The summed E-state index contributed by atoms with van der Waals surface area (Å²) in [5.41, 5.74) is -0.486. The Labute approximate surface area is 208 Å². The van der Waals surface area contributed by atoms with Crippen molar-refractivity contribution >= 4 is 36.0 Å². The van der Waals surface area contributed by atoms with Gasteiger partial charge in [0.05, 0.1) is 18.9 Å². The second-order valence-corrected chi connectivity index (χ2v) is 8.57. The molecule has 0 bridgehead atoms. The maximum absolute atomic E-state index is 11.6. The first-order valence-electron chi connectivity index (χ1n) is 11.1. The molecular weight excluding hydrogens is 527 g/mol. The van der Waals surface area contributed by atoms with Crippen molar-refractivity contribution in [1.29, 1.82) is 0 Å². The van der Waals surface area contributed by atoms with Crippen molar-refractivity contribution in [3.63, 3.8) is 0 Å². The van der Waals surface area contributed by atoms with E-state index < -0.39 is 17.8 Å². The summed E-state index contributed by atoms with van der Waals surface area (Å²) in [5.74, 6) is 1.32. The zero-order chi connectivity index (χ0) is 22.7. The van der Waals surface area contributed by atoms with Crippen LogP contribution < -0.4 is 10.6 Å². The van der Waals surface area contributed by atoms with Gasteiger partial charge in [0.15, 0.2) is 5.96 Å². The Morgan fingerprint density at radius 3 is 2.66 bits per heavy atom. The molecule has 1 aromatic rings. The fraction of sp³-hybridized carbons (Fsp3) is 0.727. The number of halogens is 1. The summed E-state index contributed by atoms with van der Waals surface area (Å²) in [5, 5.41) is 16.2. The molecule has 2 rings (SSSR count). The first-order valence-corrected chi connectivity index (χ1v) is 11.1. The van der Waals surface area contributed by atoms with Gasteiger partial charge in [-0.1, -0.05) is 0 Å². The molecule has 3 N–H and O–H groups in total. The number of aliphatic hydroxyl groups is 1. The highest BCUT2D eigenvalue weighted by Gasteiger charge is 2.22. The van der Waals surface area contributed by atoms with Crippen molar-refractivity contribution in [2.24, 2.45) is 4.99 Å². The van der Waals surface area contributed by atoms with Crippen LogP contribution in [0.5, 0.6) is 0 Å². The van der Waals surface area contributed by atoms with Crippen molar-refractivity contribution in [2.45, 2.75) is 64.8 Å². The third-order valence-corrected chi connectivity index (χ3v) is 4.70. The number of nitrogens with one attached hydrogen (secondary N) is 2. The van der Waals surface area contributed by atoms with E-state index in [2.05, 4.69) is 20.5 Å². The summed E-state index contributed by atoms with van der Waals surface area (Å²) in [6.07, 6.45) is 3.16. The molecule has 1 aliphatic rings. The molecule has 1 saturated heterocycles. The van der Waals surface area contributed by atoms with E-state index in [9.17, 15) is 9.90 Å². The van der Waals surface area contributed by atoms with E-state index in [4.69, 9.17) is 13.9 Å². The smallest absolute Gasteiger partial charge is 0.407 e. The number of hydrogen-bond donors (Lipinski definition) is 3. The number of aliphatic hydroxyl groups excluding tert-OH is 1. The van der Waals surface area contributed by atoms with Crippen LogP contribution in [-0.4, -0.2) is 73.1 Å². The van der Waals surface area contributed by atoms with Crippen LogP contribution in [0.1, 0.15) is 58.8 Å². The second-order valence-electron chi connectivity index (χ2n) is 8.57. The van der Waals surface area contributed by atoms with Gasteiger partial charge in [-0.15, -0.1) is 24.0 Å². The predicted molar refractivity (Wildman–Crippen MR) is 134 cm³/mol. The van der Waals surface area contributed by atoms with Gasteiger partial charge in [-0.2, -0.15) is 0 Å². The van der Waals surface area contributed by atoms with Crippen LogP contribution in [0, 0.1) is 0 Å². The Kier molecular flexibility index (Phi) is 13.0. The van der Waals surface area contributed by atoms with Crippen LogP contribution in [0.25, 0.3) is 0 Å². The third kappa shape index (κ3) is 10.9. The van der Waals surface area contributed by atoms with Crippen molar-refractivity contribution in [3.05, 3.63) is 24.2 Å². The average Bonchev–Trinajstić information content (AvgIpc) is 3.25. The molecule has 1 aliphatic heterocycles. The molecule has 1 aromatic heterocycles. The number of likely N-dealkylation sites (tertiary alicyclic amines) is 1. The quantitative estimate of drug-likeness (QED) is 0.182. The average molecular weight is 566 g/mol. The van der Waals surface area contributed by atoms with Gasteiger partial charge < -0.3 is 34.5 Å². The minimum absolute atomic E-state index is 0. The molecule has 184 valence electrons. The number of ether oxygens (including phenoxy) is 2. The molecule has 32 heavy (non-hydrogen) atoms. The van der Waals surface area contributed by atoms with Crippen LogP contribution in [0.2, 0.25) is 0 Å². The van der Waals surface area contributed by atoms with Gasteiger partial charge >= 0.3 is 6.09 Å². The number of guanidine groups is 1. The van der Waals surface area contributed by atoms with Gasteiger partial charge in [0.1, 0.15) is 17.5 Å². The molecular formula is C22H39IN4O5. The van der Waals surface area contributed by atoms with E-state index >= 15 is 0 Å². The molecule has 1 amide bonds. The number of aliphatic imine (C=N–C) groups is 1. The van der Waals surface area contributed by atoms with Gasteiger partial charge in [-0.3, -0.25) is 0 Å². The maximum Gasteiger partial charge on any atom is 0.407 e. The maximum atomic E-state index is 11.6. The van der Waals surface area contributed by atoms with Crippen LogP contribution in [0.15, 0.2) is 27.8 Å². The van der Waals surface area contributed by atoms with E-state index in [1.54, 1.807) is 18.4 Å². The van der Waals surface area contributed by atoms with Crippen molar-refractivity contribution in [3.8, 4) is 0 Å². The highest BCUT2D eigenvalue weighted by molar-refractivity contribution is 14.0. The predicted octanol–water partition coefficient (Wildman–Crippen LogP) is 3.29. The van der Waals surface area contributed by atoms with Gasteiger partial charge in [-0.25, -0.2) is 9.79 Å². The number of nitrogens with zero attached hydrogens (tertiary/aromatic N) is 2. The van der Waals surface area contributed by atoms with Crippen LogP contribution in [0.3, 0.4) is 0 Å². The third-order valence-electron chi connectivity index (χ3n) is 4.70. The first kappa shape index (κ1) is 28.5. The van der Waals surface area contributed by atoms with E-state index in [0.29, 0.717) is 18.9 Å². The van der Waals surface area contributed by atoms with Gasteiger partial charge in [-0.05, 0) is 59.1 Å². The minimum atomic E-state index is -0.751. The molecule has 0 saturated carbocycles. The molecule has 2 heterocycles. The first-order chi connectivity index (χ1) is 14.8. The normalized spacial score (nSPS) is 16.3. The highest BCUT2D eigenvalue weighted by Crippen LogP contribution is 2.16. The van der Waals surface area contributed by atoms with Crippen molar-refractivity contribution in [2.75, 3.05) is 39.3 Å². The Bertz CT molecular complexity index is 670. The molecule has 9 nitrogen and oxygen atoms in total. The highest BCUT2D eigenvalue weighted by atomic mass is 127. The fourth-order valence-electron chi connectivity index (χ4n) is 3.23. The molecule has 1 atom stereocenters. The SMILES string of the molecule is CCNC(=NCC(O)c1ccco1)N1CCC(OCCCNC(=O)OC(C)(C)C)CC1.I. The Morgan fingerprint density at radius 2 is 2.06 bits per heavy atom. The van der Waals surface area contributed by atoms with E-state index in [1.807, 2.05) is 27.7 Å². The fourth-order valence-corrected chi connectivity index (χ4v) is 3.23. The standard InChI is InChI=1S/C22H38N4O5.HI/c1-5-23-20(25-16-18(27)19-8-6-14-30-19)26-12-9-17(10-13-26)29-15-7-11-24-21(28)31-22(2,3)4;/h6,8,14,17-18,27H,5,7,9-13,15-16H2,1-4H3,(H,23,25)(H,24,28);1H. The largest absolute Gasteiger partial charge is 0.467 e. The number of furan rings is 1. The van der Waals surface area contributed by atoms with Crippen molar-refractivity contribution < 1.29 is 23.8 Å². The van der Waals surface area contributed by atoms with Crippen LogP contribution >= 0.6 is 24.0 Å². The molecule has 1 unspecified atom stereocenters. The van der Waals surface area contributed by atoms with E-state index in [1.165, 1.54) is 0 Å². The van der Waals surface area contributed by atoms with E-state index in [0.717, 1.165) is 44.9 Å². The van der Waals surface area contributed by atoms with Crippen LogP contribution in [-0.2, 0) is 9.47 Å². The Balaban J connectivity index is 0.00000512. The Hall–Kier alpha value is -1.53. The molecule has 10 heteroatoms. The number of carbonyl (C=O) groups is 1. The second kappa shape index (κ2) is 14.6. The zero-order valence-electron chi connectivity index (χ0n) is 19.6. The van der Waals surface area contributed by atoms with Gasteiger partial charge in [0, 0.05) is 32.8 Å².